The van der Waals surface area contributed by atoms with Gasteiger partial charge in [-0.3, -0.25) is 0 Å². The second-order valence-corrected chi connectivity index (χ2v) is 16.6. The molecule has 0 N–H and O–H groups in total. The van der Waals surface area contributed by atoms with E-state index in [1.807, 2.05) is 6.08 Å². The summed E-state index contributed by atoms with van der Waals surface area (Å²) in [6.07, 6.45) is 33.5. The van der Waals surface area contributed by atoms with Crippen molar-refractivity contribution in [2.24, 2.45) is 0 Å². The fourth-order valence-electron chi connectivity index (χ4n) is 5.04. The van der Waals surface area contributed by atoms with Gasteiger partial charge in [-0.05, 0) is 52.8 Å². The zero-order valence-electron chi connectivity index (χ0n) is 28.0. The molecule has 0 nitrogen and oxygen atoms in total. The molecule has 0 fully saturated rings. The lowest BCUT2D eigenvalue weighted by Crippen LogP contribution is -1.91. The molecule has 0 saturated carbocycles. The van der Waals surface area contributed by atoms with Crippen molar-refractivity contribution in [1.29, 1.82) is 0 Å². The first-order valence-corrected chi connectivity index (χ1v) is 20.7. The monoisotopic (exact) mass is 728 g/mol. The van der Waals surface area contributed by atoms with E-state index < -0.39 is 0 Å². The number of thiol groups is 2. The molecule has 0 saturated heterocycles. The highest BCUT2D eigenvalue weighted by molar-refractivity contribution is 9.13. The fraction of sp³-hybridized carbons (Fsp3) is 0.684. The highest BCUT2D eigenvalue weighted by atomic mass is 79.9. The van der Waals surface area contributed by atoms with Crippen molar-refractivity contribution >= 4 is 64.7 Å². The predicted octanol–water partition coefficient (Wildman–Crippen LogP) is 16.3. The fourth-order valence-corrected chi connectivity index (χ4v) is 8.07. The van der Waals surface area contributed by atoms with Crippen molar-refractivity contribution in [2.75, 3.05) is 0 Å². The molecule has 0 aliphatic heterocycles. The maximum Gasteiger partial charge on any atom is 0.0702 e. The predicted molar refractivity (Wildman–Crippen MR) is 216 cm³/mol. The molecule has 0 aromatic heterocycles. The van der Waals surface area contributed by atoms with Gasteiger partial charge in [-0.25, -0.2) is 0 Å². The molecule has 248 valence electrons. The lowest BCUT2D eigenvalue weighted by molar-refractivity contribution is 0.550. The molecule has 0 amide bonds. The van der Waals surface area contributed by atoms with Crippen molar-refractivity contribution in [1.82, 2.24) is 0 Å². The molecule has 0 heterocycles. The second kappa shape index (κ2) is 30.9. The van der Waals surface area contributed by atoms with Gasteiger partial charge in [0.1, 0.15) is 0 Å². The molecule has 0 aromatic carbocycles. The van der Waals surface area contributed by atoms with Crippen LogP contribution in [0.2, 0.25) is 0 Å². The van der Waals surface area contributed by atoms with Gasteiger partial charge >= 0.3 is 0 Å². The van der Waals surface area contributed by atoms with Gasteiger partial charge in [-0.15, -0.1) is 25.3 Å². The van der Waals surface area contributed by atoms with Crippen LogP contribution in [-0.2, 0) is 0 Å². The molecule has 43 heavy (non-hydrogen) atoms. The highest BCUT2D eigenvalue weighted by Gasteiger charge is 2.16. The van der Waals surface area contributed by atoms with Crippen molar-refractivity contribution in [3.63, 3.8) is 0 Å². The number of rotatable bonds is 31. The first kappa shape index (κ1) is 43.3. The maximum absolute atomic E-state index is 4.74. The Labute approximate surface area is 297 Å². The van der Waals surface area contributed by atoms with Gasteiger partial charge in [0.25, 0.3) is 0 Å². The molecule has 0 atom stereocenters. The second-order valence-electron chi connectivity index (χ2n) is 11.9. The number of hydrogen-bond acceptors (Lipinski definition) is 4. The number of hydrogen-bond donors (Lipinski definition) is 2. The van der Waals surface area contributed by atoms with E-state index in [1.165, 1.54) is 135 Å². The van der Waals surface area contributed by atoms with Gasteiger partial charge in [0.15, 0.2) is 0 Å². The molecule has 0 bridgehead atoms. The Bertz CT molecular complexity index is 835. The van der Waals surface area contributed by atoms with Crippen molar-refractivity contribution in [3.05, 3.63) is 66.3 Å². The quantitative estimate of drug-likeness (QED) is 0.0414. The summed E-state index contributed by atoms with van der Waals surface area (Å²) in [5, 5.41) is 0. The van der Waals surface area contributed by atoms with Crippen LogP contribution in [0.5, 0.6) is 0 Å². The summed E-state index contributed by atoms with van der Waals surface area (Å²) in [5.74, 6) is 0. The molecule has 0 aliphatic carbocycles. The minimum atomic E-state index is 0.802. The summed E-state index contributed by atoms with van der Waals surface area (Å²) in [4.78, 5) is 2.95. The molecule has 0 aliphatic rings. The minimum Gasteiger partial charge on any atom is -0.142 e. The molecule has 0 rings (SSSR count). The van der Waals surface area contributed by atoms with E-state index >= 15 is 0 Å². The third kappa shape index (κ3) is 25.1. The maximum atomic E-state index is 4.74. The topological polar surface area (TPSA) is 0 Å². The van der Waals surface area contributed by atoms with Crippen molar-refractivity contribution < 1.29 is 0 Å². The van der Waals surface area contributed by atoms with E-state index in [9.17, 15) is 0 Å². The van der Waals surface area contributed by atoms with Gasteiger partial charge in [-0.1, -0.05) is 198 Å². The van der Waals surface area contributed by atoms with E-state index in [0.717, 1.165) is 53.2 Å². The van der Waals surface area contributed by atoms with Crippen LogP contribution in [0, 0.1) is 0 Å². The van der Waals surface area contributed by atoms with Crippen LogP contribution < -0.4 is 0 Å². The largest absolute Gasteiger partial charge is 0.142 e. The first-order chi connectivity index (χ1) is 20.8. The smallest absolute Gasteiger partial charge is 0.0702 e. The van der Waals surface area contributed by atoms with Gasteiger partial charge in [0.2, 0.25) is 0 Å². The van der Waals surface area contributed by atoms with Gasteiger partial charge in [0.05, 0.1) is 8.05 Å². The van der Waals surface area contributed by atoms with Crippen LogP contribution in [0.4, 0.5) is 0 Å². The zero-order chi connectivity index (χ0) is 32.1. The summed E-state index contributed by atoms with van der Waals surface area (Å²) in [5.41, 5.74) is 2.25. The number of unbranched alkanes of at least 4 members (excludes halogenated alkanes) is 20. The summed E-state index contributed by atoms with van der Waals surface area (Å²) < 4.78 is 1.84. The molecule has 0 unspecified atom stereocenters. The van der Waals surface area contributed by atoms with E-state index in [4.69, 9.17) is 12.6 Å². The Morgan fingerprint density at radius 2 is 0.907 bits per heavy atom. The lowest BCUT2D eigenvalue weighted by Gasteiger charge is -2.17. The lowest BCUT2D eigenvalue weighted by atomic mass is 10.0. The average molecular weight is 730 g/mol. The van der Waals surface area contributed by atoms with Gasteiger partial charge in [-0.2, -0.15) is 0 Å². The third-order valence-electron chi connectivity index (χ3n) is 7.88. The molecule has 0 aromatic rings. The Kier molecular flexibility index (Phi) is 31.2. The molecule has 5 heteroatoms. The SMILES string of the molecule is C=C/C(S)=C(\S/C(SC(=C)C(=C)CCCCCCCCCCCCC)=C(/S)Br)C(=C)CCCCCCCCCCCCC. The summed E-state index contributed by atoms with van der Waals surface area (Å²) >= 11 is 16.3. The number of thioether (sulfide) groups is 2. The van der Waals surface area contributed by atoms with E-state index in [2.05, 4.69) is 68.7 Å². The minimum absolute atomic E-state index is 0.802. The Balaban J connectivity index is 4.47. The Hall–Kier alpha value is 0.320. The van der Waals surface area contributed by atoms with E-state index in [-0.39, 0.29) is 0 Å². The van der Waals surface area contributed by atoms with Crippen LogP contribution in [-0.4, -0.2) is 0 Å². The Morgan fingerprint density at radius 1 is 0.558 bits per heavy atom. The van der Waals surface area contributed by atoms with Crippen molar-refractivity contribution in [3.8, 4) is 0 Å². The summed E-state index contributed by atoms with van der Waals surface area (Å²) in [6.45, 7) is 21.7. The molecule has 0 spiro atoms. The first-order valence-electron chi connectivity index (χ1n) is 17.3. The molecular weight excluding hydrogens is 665 g/mol. The van der Waals surface area contributed by atoms with Crippen LogP contribution in [0.25, 0.3) is 0 Å². The number of allylic oxidation sites excluding steroid dienone is 3. The summed E-state index contributed by atoms with van der Waals surface area (Å²) in [7, 11) is 0. The van der Waals surface area contributed by atoms with Crippen LogP contribution in [0.3, 0.4) is 0 Å². The summed E-state index contributed by atoms with van der Waals surface area (Å²) in [6, 6.07) is 0. The number of halogens is 1. The van der Waals surface area contributed by atoms with Crippen LogP contribution >= 0.6 is 64.7 Å². The van der Waals surface area contributed by atoms with E-state index in [0.29, 0.717) is 0 Å². The molecule has 0 radical (unpaired) electrons. The van der Waals surface area contributed by atoms with Crippen LogP contribution in [0.1, 0.15) is 168 Å². The van der Waals surface area contributed by atoms with Gasteiger partial charge < -0.3 is 0 Å². The normalized spacial score (nSPS) is 12.6. The van der Waals surface area contributed by atoms with Crippen molar-refractivity contribution in [2.45, 2.75) is 168 Å². The zero-order valence-corrected chi connectivity index (χ0v) is 33.0. The Morgan fingerprint density at radius 3 is 1.26 bits per heavy atom. The third-order valence-corrected chi connectivity index (χ3v) is 12.4. The average Bonchev–Trinajstić information content (AvgIpc) is 2.99. The van der Waals surface area contributed by atoms with Gasteiger partial charge in [0, 0.05) is 14.7 Å². The highest BCUT2D eigenvalue weighted by Crippen LogP contribution is 2.48. The van der Waals surface area contributed by atoms with Crippen LogP contribution in [0.15, 0.2) is 66.3 Å². The van der Waals surface area contributed by atoms with E-state index in [1.54, 1.807) is 23.5 Å². The standard InChI is InChI=1S/C38H65BrS4/c1-7-10-12-14-16-18-20-22-24-26-28-30-32(4)34(6)42-38(37(39)41)43-36(35(40)9-3)33(5)31-29-27-25-23-21-19-17-15-13-11-8-2/h9,40-41H,3-8,10-31H2,1-2H3/b36-35+,38-37+. The molecular formula is C38H65BrS4.